The summed E-state index contributed by atoms with van der Waals surface area (Å²) in [7, 11) is 0. The zero-order valence-electron chi connectivity index (χ0n) is 22.1. The molecule has 5 saturated carbocycles. The van der Waals surface area contributed by atoms with Gasteiger partial charge in [-0.1, -0.05) is 48.5 Å². The van der Waals surface area contributed by atoms with E-state index in [0.717, 1.165) is 30.6 Å². The lowest BCUT2D eigenvalue weighted by Gasteiger charge is -2.72. The van der Waals surface area contributed by atoms with Gasteiger partial charge < -0.3 is 5.11 Å². The summed E-state index contributed by atoms with van der Waals surface area (Å²) in [6, 6.07) is 0. The van der Waals surface area contributed by atoms with Gasteiger partial charge in [-0.2, -0.15) is 0 Å². The molecule has 0 aromatic rings. The Bertz CT molecular complexity index is 786. The Hall–Kier alpha value is -0.370. The van der Waals surface area contributed by atoms with Crippen LogP contribution in [0.2, 0.25) is 0 Å². The maximum absolute atomic E-state index is 12.9. The van der Waals surface area contributed by atoms with E-state index in [1.54, 1.807) is 0 Å². The van der Waals surface area contributed by atoms with Gasteiger partial charge in [0.2, 0.25) is 0 Å². The zero-order valence-corrected chi connectivity index (χ0v) is 22.1. The number of Topliss-reactive ketones (excluding diaryl/α,β-unsaturated/α-hetero) is 1. The highest BCUT2D eigenvalue weighted by atomic mass is 16.3. The SMILES string of the molecule is C[C@@H](CO)[C@@H]1CC[C@]2(C)CC[C@]3(C)[C@H](CC[C@@H]4[C@]5(C)CCC(=O)C(C)(C)[C@@H]5CC[C@]43C)[C@@H]12. The first kappa shape index (κ1) is 23.4. The zero-order chi connectivity index (χ0) is 23.3. The molecule has 10 atom stereocenters. The molecule has 0 spiro atoms. The molecule has 182 valence electrons. The van der Waals surface area contributed by atoms with Gasteiger partial charge in [0, 0.05) is 18.4 Å². The summed E-state index contributed by atoms with van der Waals surface area (Å²) < 4.78 is 0. The van der Waals surface area contributed by atoms with Crippen molar-refractivity contribution in [2.75, 3.05) is 6.61 Å². The van der Waals surface area contributed by atoms with Gasteiger partial charge in [-0.25, -0.2) is 0 Å². The van der Waals surface area contributed by atoms with Crippen LogP contribution in [0.3, 0.4) is 0 Å². The van der Waals surface area contributed by atoms with Gasteiger partial charge in [0.05, 0.1) is 0 Å². The van der Waals surface area contributed by atoms with Crippen molar-refractivity contribution < 1.29 is 9.90 Å². The van der Waals surface area contributed by atoms with Crippen molar-refractivity contribution >= 4 is 5.78 Å². The van der Waals surface area contributed by atoms with Crippen molar-refractivity contribution in [2.24, 2.45) is 62.6 Å². The minimum Gasteiger partial charge on any atom is -0.396 e. The maximum atomic E-state index is 12.9. The molecule has 0 aromatic carbocycles. The van der Waals surface area contributed by atoms with Crippen LogP contribution < -0.4 is 0 Å². The molecule has 0 radical (unpaired) electrons. The second-order valence-corrected chi connectivity index (χ2v) is 14.9. The van der Waals surface area contributed by atoms with Gasteiger partial charge in [0.15, 0.2) is 0 Å². The fourth-order valence-corrected chi connectivity index (χ4v) is 11.6. The van der Waals surface area contributed by atoms with E-state index in [-0.39, 0.29) is 5.41 Å². The standard InChI is InChI=1S/C30H50O2/c1-19(18-31)20-10-13-27(4)16-17-29(6)21(25(20)27)8-9-23-28(5)14-12-24(32)26(2,3)22(28)11-15-30(23,29)7/h19-23,25,31H,8-18H2,1-7H3/t19-,20-,21+,22-,23+,25+,27+,28+,29+,30+/m0/s1. The van der Waals surface area contributed by atoms with Crippen molar-refractivity contribution in [3.63, 3.8) is 0 Å². The maximum Gasteiger partial charge on any atom is 0.138 e. The number of aliphatic hydroxyl groups excluding tert-OH is 1. The Morgan fingerprint density at radius 3 is 2.25 bits per heavy atom. The van der Waals surface area contributed by atoms with Crippen molar-refractivity contribution in [1.82, 2.24) is 0 Å². The first-order valence-electron chi connectivity index (χ1n) is 14.0. The minimum atomic E-state index is -0.148. The summed E-state index contributed by atoms with van der Waals surface area (Å²) in [4.78, 5) is 12.9. The molecule has 0 bridgehead atoms. The number of hydrogen-bond donors (Lipinski definition) is 1. The van der Waals surface area contributed by atoms with Crippen LogP contribution in [0.15, 0.2) is 0 Å². The first-order valence-corrected chi connectivity index (χ1v) is 14.0. The molecular weight excluding hydrogens is 392 g/mol. The molecule has 5 aliphatic carbocycles. The minimum absolute atomic E-state index is 0.148. The van der Waals surface area contributed by atoms with E-state index < -0.39 is 0 Å². The van der Waals surface area contributed by atoms with Crippen LogP contribution in [0.4, 0.5) is 0 Å². The Balaban J connectivity index is 1.53. The highest BCUT2D eigenvalue weighted by molar-refractivity contribution is 5.85. The third-order valence-electron chi connectivity index (χ3n) is 13.7. The molecule has 1 N–H and O–H groups in total. The van der Waals surface area contributed by atoms with Crippen LogP contribution in [-0.4, -0.2) is 17.5 Å². The Labute approximate surface area is 197 Å². The summed E-state index contributed by atoms with van der Waals surface area (Å²) >= 11 is 0. The monoisotopic (exact) mass is 442 g/mol. The van der Waals surface area contributed by atoms with Crippen molar-refractivity contribution in [1.29, 1.82) is 0 Å². The number of rotatable bonds is 2. The van der Waals surface area contributed by atoms with Crippen LogP contribution in [0.25, 0.3) is 0 Å². The number of carbonyl (C=O) groups is 1. The smallest absolute Gasteiger partial charge is 0.138 e. The van der Waals surface area contributed by atoms with E-state index in [1.807, 2.05) is 0 Å². The van der Waals surface area contributed by atoms with Crippen LogP contribution >= 0.6 is 0 Å². The normalized spacial score (nSPS) is 55.4. The Kier molecular flexibility index (Phi) is 5.17. The molecule has 0 amide bonds. The van der Waals surface area contributed by atoms with Crippen molar-refractivity contribution in [3.05, 3.63) is 0 Å². The molecular formula is C30H50O2. The second-order valence-electron chi connectivity index (χ2n) is 14.9. The van der Waals surface area contributed by atoms with Crippen molar-refractivity contribution in [2.45, 2.75) is 113 Å². The van der Waals surface area contributed by atoms with Gasteiger partial charge in [-0.3, -0.25) is 4.79 Å². The number of ketones is 1. The molecule has 0 aliphatic heterocycles. The van der Waals surface area contributed by atoms with Crippen LogP contribution in [0.1, 0.15) is 113 Å². The van der Waals surface area contributed by atoms with E-state index in [0.29, 0.717) is 51.8 Å². The third-order valence-corrected chi connectivity index (χ3v) is 13.7. The summed E-state index contributed by atoms with van der Waals surface area (Å²) in [6.07, 6.45) is 12.7. The molecule has 5 fully saturated rings. The summed E-state index contributed by atoms with van der Waals surface area (Å²) in [6.45, 7) is 17.8. The van der Waals surface area contributed by atoms with Gasteiger partial charge in [-0.05, 0) is 115 Å². The molecule has 0 aromatic heterocycles. The number of hydrogen-bond acceptors (Lipinski definition) is 2. The van der Waals surface area contributed by atoms with Gasteiger partial charge >= 0.3 is 0 Å². The van der Waals surface area contributed by atoms with E-state index in [2.05, 4.69) is 48.5 Å². The quantitative estimate of drug-likeness (QED) is 0.487. The average Bonchev–Trinajstić information content (AvgIpc) is 3.09. The van der Waals surface area contributed by atoms with Gasteiger partial charge in [0.1, 0.15) is 5.78 Å². The number of carbonyl (C=O) groups excluding carboxylic acids is 1. The summed E-state index contributed by atoms with van der Waals surface area (Å²) in [5, 5.41) is 10.1. The molecule has 0 heterocycles. The van der Waals surface area contributed by atoms with Crippen LogP contribution in [-0.2, 0) is 4.79 Å². The predicted molar refractivity (Wildman–Crippen MR) is 131 cm³/mol. The molecule has 5 rings (SSSR count). The highest BCUT2D eigenvalue weighted by Gasteiger charge is 2.70. The van der Waals surface area contributed by atoms with Gasteiger partial charge in [-0.15, -0.1) is 0 Å². The molecule has 32 heavy (non-hydrogen) atoms. The fourth-order valence-electron chi connectivity index (χ4n) is 11.6. The second kappa shape index (κ2) is 7.08. The van der Waals surface area contributed by atoms with E-state index in [1.165, 1.54) is 51.4 Å². The lowest BCUT2D eigenvalue weighted by atomic mass is 9.32. The topological polar surface area (TPSA) is 37.3 Å². The lowest BCUT2D eigenvalue weighted by Crippen LogP contribution is -2.66. The highest BCUT2D eigenvalue weighted by Crippen LogP contribution is 2.77. The molecule has 0 unspecified atom stereocenters. The molecule has 5 aliphatic rings. The van der Waals surface area contributed by atoms with Crippen molar-refractivity contribution in [3.8, 4) is 0 Å². The van der Waals surface area contributed by atoms with Gasteiger partial charge in [0.25, 0.3) is 0 Å². The number of aliphatic hydroxyl groups is 1. The lowest BCUT2D eigenvalue weighted by molar-refractivity contribution is -0.234. The summed E-state index contributed by atoms with van der Waals surface area (Å²) in [5.74, 6) is 4.56. The molecule has 2 heteroatoms. The number of fused-ring (bicyclic) bond motifs is 7. The Morgan fingerprint density at radius 1 is 0.844 bits per heavy atom. The van der Waals surface area contributed by atoms with E-state index in [4.69, 9.17) is 0 Å². The van der Waals surface area contributed by atoms with E-state index in [9.17, 15) is 9.90 Å². The molecule has 2 nitrogen and oxygen atoms in total. The largest absolute Gasteiger partial charge is 0.396 e. The fraction of sp³-hybridized carbons (Fsp3) is 0.967. The Morgan fingerprint density at radius 2 is 1.56 bits per heavy atom. The third kappa shape index (κ3) is 2.71. The van der Waals surface area contributed by atoms with E-state index >= 15 is 0 Å². The average molecular weight is 443 g/mol. The first-order chi connectivity index (χ1) is 14.8. The van der Waals surface area contributed by atoms with Crippen LogP contribution in [0, 0.1) is 62.6 Å². The molecule has 0 saturated heterocycles. The summed E-state index contributed by atoms with van der Waals surface area (Å²) in [5.41, 5.74) is 1.44. The van der Waals surface area contributed by atoms with Crippen LogP contribution in [0.5, 0.6) is 0 Å². The predicted octanol–water partition coefficient (Wildman–Crippen LogP) is 7.29.